The topological polar surface area (TPSA) is 75.6 Å². The van der Waals surface area contributed by atoms with Crippen LogP contribution in [0.4, 0.5) is 11.6 Å². The van der Waals surface area contributed by atoms with Gasteiger partial charge in [-0.2, -0.15) is 0 Å². The van der Waals surface area contributed by atoms with Crippen molar-refractivity contribution in [2.45, 2.75) is 91.1 Å². The number of aromatic nitrogens is 4. The molecule has 0 saturated heterocycles. The van der Waals surface area contributed by atoms with E-state index in [0.29, 0.717) is 23.1 Å². The van der Waals surface area contributed by atoms with E-state index in [-0.39, 0.29) is 0 Å². The summed E-state index contributed by atoms with van der Waals surface area (Å²) in [5, 5.41) is 7.71. The molecule has 2 aliphatic carbocycles. The first kappa shape index (κ1) is 29.0. The minimum absolute atomic E-state index is 0.499. The molecule has 41 heavy (non-hydrogen) atoms. The van der Waals surface area contributed by atoms with E-state index in [0.717, 1.165) is 34.2 Å². The molecule has 7 heteroatoms. The zero-order valence-electron chi connectivity index (χ0n) is 24.7. The number of halogens is 1. The van der Waals surface area contributed by atoms with Gasteiger partial charge < -0.3 is 10.6 Å². The van der Waals surface area contributed by atoms with E-state index < -0.39 is 0 Å². The van der Waals surface area contributed by atoms with Gasteiger partial charge in [0.2, 0.25) is 0 Å². The third kappa shape index (κ3) is 7.62. The third-order valence-electron chi connectivity index (χ3n) is 7.91. The first-order valence-electron chi connectivity index (χ1n) is 14.9. The van der Waals surface area contributed by atoms with Crippen LogP contribution in [-0.2, 0) is 0 Å². The molecule has 2 aromatic heterocycles. The number of anilines is 2. The van der Waals surface area contributed by atoms with Gasteiger partial charge in [-0.25, -0.2) is 19.9 Å². The normalized spacial score (nSPS) is 15.4. The second kappa shape index (κ2) is 13.4. The number of hydrogen-bond acceptors (Lipinski definition) is 6. The zero-order chi connectivity index (χ0) is 28.8. The van der Waals surface area contributed by atoms with E-state index in [2.05, 4.69) is 86.9 Å². The fourth-order valence-corrected chi connectivity index (χ4v) is 6.15. The largest absolute Gasteiger partial charge is 0.367 e. The van der Waals surface area contributed by atoms with Gasteiger partial charge in [-0.3, -0.25) is 0 Å². The van der Waals surface area contributed by atoms with E-state index in [4.69, 9.17) is 11.6 Å². The van der Waals surface area contributed by atoms with Gasteiger partial charge in [-0.1, -0.05) is 96.9 Å². The van der Waals surface area contributed by atoms with Gasteiger partial charge in [0.1, 0.15) is 28.4 Å². The second-order valence-electron chi connectivity index (χ2n) is 11.5. The van der Waals surface area contributed by atoms with Gasteiger partial charge in [0.15, 0.2) is 0 Å². The van der Waals surface area contributed by atoms with Gasteiger partial charge in [0.05, 0.1) is 5.56 Å². The lowest BCUT2D eigenvalue weighted by atomic mass is 10.0. The molecule has 2 aliphatic rings. The Hall–Kier alpha value is -3.51. The van der Waals surface area contributed by atoms with Crippen molar-refractivity contribution in [1.29, 1.82) is 0 Å². The molecule has 0 amide bonds. The third-order valence-corrected chi connectivity index (χ3v) is 8.19. The van der Waals surface area contributed by atoms with Crippen molar-refractivity contribution >= 4 is 23.2 Å². The predicted octanol–water partition coefficient (Wildman–Crippen LogP) is 8.88. The molecular formula is C34H41ClN6. The molecule has 0 bridgehead atoms. The summed E-state index contributed by atoms with van der Waals surface area (Å²) >= 11 is 6.42. The van der Waals surface area contributed by atoms with Crippen molar-refractivity contribution in [1.82, 2.24) is 19.9 Å². The average Bonchev–Trinajstić information content (AvgIpc) is 3.64. The minimum atomic E-state index is 0.499. The van der Waals surface area contributed by atoms with Crippen LogP contribution in [0.1, 0.15) is 74.1 Å². The monoisotopic (exact) mass is 568 g/mol. The van der Waals surface area contributed by atoms with Crippen LogP contribution in [0.3, 0.4) is 0 Å². The molecule has 0 atom stereocenters. The molecule has 6 rings (SSSR count). The molecular weight excluding hydrogens is 528 g/mol. The van der Waals surface area contributed by atoms with Crippen LogP contribution in [-0.4, -0.2) is 32.0 Å². The van der Waals surface area contributed by atoms with Gasteiger partial charge in [0, 0.05) is 23.8 Å². The fourth-order valence-electron chi connectivity index (χ4n) is 5.83. The Balaban J connectivity index is 0.000000165. The van der Waals surface area contributed by atoms with E-state index in [9.17, 15) is 0 Å². The summed E-state index contributed by atoms with van der Waals surface area (Å²) in [5.41, 5.74) is 6.74. The summed E-state index contributed by atoms with van der Waals surface area (Å²) in [7, 11) is 0. The molecule has 2 saturated carbocycles. The zero-order valence-corrected chi connectivity index (χ0v) is 25.4. The number of hydrogen-bond donors (Lipinski definition) is 2. The Morgan fingerprint density at radius 3 is 1.80 bits per heavy atom. The molecule has 0 aliphatic heterocycles. The number of rotatable bonds is 6. The fraction of sp³-hybridized carbons (Fsp3) is 0.412. The van der Waals surface area contributed by atoms with Crippen molar-refractivity contribution in [2.75, 3.05) is 10.6 Å². The lowest BCUT2D eigenvalue weighted by Gasteiger charge is -2.17. The van der Waals surface area contributed by atoms with Crippen molar-refractivity contribution in [3.05, 3.63) is 82.7 Å². The molecule has 2 fully saturated rings. The van der Waals surface area contributed by atoms with Crippen molar-refractivity contribution in [3.8, 4) is 22.3 Å². The highest BCUT2D eigenvalue weighted by atomic mass is 35.5. The number of aryl methyl sites for hydroxylation is 4. The maximum atomic E-state index is 6.42. The molecule has 0 spiro atoms. The molecule has 0 unspecified atom stereocenters. The Morgan fingerprint density at radius 2 is 1.20 bits per heavy atom. The van der Waals surface area contributed by atoms with Crippen LogP contribution in [0.15, 0.2) is 54.7 Å². The highest BCUT2D eigenvalue weighted by Gasteiger charge is 2.20. The molecule has 6 nitrogen and oxygen atoms in total. The van der Waals surface area contributed by atoms with E-state index in [1.807, 2.05) is 26.1 Å². The van der Waals surface area contributed by atoms with Crippen molar-refractivity contribution < 1.29 is 0 Å². The Kier molecular flexibility index (Phi) is 9.50. The maximum Gasteiger partial charge on any atom is 0.142 e. The summed E-state index contributed by atoms with van der Waals surface area (Å²) in [6.45, 7) is 8.02. The van der Waals surface area contributed by atoms with E-state index in [1.165, 1.54) is 68.1 Å². The quantitative estimate of drug-likeness (QED) is 0.226. The Labute approximate surface area is 249 Å². The van der Waals surface area contributed by atoms with E-state index >= 15 is 0 Å². The highest BCUT2D eigenvalue weighted by Crippen LogP contribution is 2.35. The van der Waals surface area contributed by atoms with Crippen LogP contribution in [0, 0.1) is 27.7 Å². The van der Waals surface area contributed by atoms with Gasteiger partial charge in [0.25, 0.3) is 0 Å². The van der Waals surface area contributed by atoms with Crippen LogP contribution in [0.5, 0.6) is 0 Å². The Morgan fingerprint density at radius 1 is 0.659 bits per heavy atom. The average molecular weight is 569 g/mol. The lowest BCUT2D eigenvalue weighted by Crippen LogP contribution is -2.17. The first-order valence-corrected chi connectivity index (χ1v) is 15.3. The summed E-state index contributed by atoms with van der Waals surface area (Å²) < 4.78 is 0. The minimum Gasteiger partial charge on any atom is -0.367 e. The molecule has 2 N–H and O–H groups in total. The summed E-state index contributed by atoms with van der Waals surface area (Å²) in [6, 6.07) is 17.9. The second-order valence-corrected chi connectivity index (χ2v) is 11.8. The van der Waals surface area contributed by atoms with E-state index in [1.54, 1.807) is 0 Å². The summed E-state index contributed by atoms with van der Waals surface area (Å²) in [6.07, 6.45) is 12.1. The molecule has 214 valence electrons. The predicted molar refractivity (Wildman–Crippen MR) is 171 cm³/mol. The lowest BCUT2D eigenvalue weighted by molar-refractivity contribution is 0.749. The number of benzene rings is 2. The summed E-state index contributed by atoms with van der Waals surface area (Å²) in [4.78, 5) is 17.9. The van der Waals surface area contributed by atoms with Crippen molar-refractivity contribution in [2.24, 2.45) is 0 Å². The number of nitrogens with zero attached hydrogens (tertiary/aromatic N) is 4. The maximum absolute atomic E-state index is 6.42. The van der Waals surface area contributed by atoms with Crippen molar-refractivity contribution in [3.63, 3.8) is 0 Å². The van der Waals surface area contributed by atoms with Crippen LogP contribution in [0.25, 0.3) is 22.3 Å². The SMILES string of the molecule is Cc1cccc(-c2c(Cl)nc(C)nc2NC2CCCC2)c1.Cc1cccc(-c2cnc(C)nc2NC2CCCC2)c1. The van der Waals surface area contributed by atoms with Gasteiger partial charge in [-0.15, -0.1) is 0 Å². The van der Waals surface area contributed by atoms with Crippen LogP contribution >= 0.6 is 11.6 Å². The molecule has 4 aromatic rings. The molecule has 2 aromatic carbocycles. The first-order chi connectivity index (χ1) is 19.9. The van der Waals surface area contributed by atoms with Crippen LogP contribution in [0.2, 0.25) is 5.15 Å². The smallest absolute Gasteiger partial charge is 0.142 e. The Bertz CT molecular complexity index is 1470. The molecule has 0 radical (unpaired) electrons. The standard InChI is InChI=1S/C17H20ClN3.C17H21N3/c1-11-6-5-7-13(10-11)15-16(18)19-12(2)20-17(15)21-14-8-3-4-9-14;1-12-6-5-7-14(10-12)16-11-18-13(2)19-17(16)20-15-8-3-4-9-15/h5-7,10,14H,3-4,8-9H2,1-2H3,(H,19,20,21);5-7,10-11,15H,3-4,8-9H2,1-2H3,(H,18,19,20). The van der Waals surface area contributed by atoms with Crippen LogP contribution < -0.4 is 10.6 Å². The highest BCUT2D eigenvalue weighted by molar-refractivity contribution is 6.32. The summed E-state index contributed by atoms with van der Waals surface area (Å²) in [5.74, 6) is 3.37. The number of nitrogens with one attached hydrogen (secondary N) is 2. The van der Waals surface area contributed by atoms with Gasteiger partial charge >= 0.3 is 0 Å². The molecule has 2 heterocycles. The van der Waals surface area contributed by atoms with Gasteiger partial charge in [-0.05, 0) is 64.5 Å².